The second-order valence-electron chi connectivity index (χ2n) is 8.60. The molecule has 2 heterocycles. The third-order valence-electron chi connectivity index (χ3n) is 5.49. The number of methoxy groups -OCH3 is 1. The second kappa shape index (κ2) is 9.10. The number of benzene rings is 1. The normalized spacial score (nSPS) is 16.1. The van der Waals surface area contributed by atoms with Gasteiger partial charge in [0.2, 0.25) is 15.9 Å². The van der Waals surface area contributed by atoms with Crippen LogP contribution in [0.5, 0.6) is 0 Å². The maximum absolute atomic E-state index is 13.0. The highest BCUT2D eigenvalue weighted by molar-refractivity contribution is 7.89. The van der Waals surface area contributed by atoms with Crippen LogP contribution in [0.25, 0.3) is 0 Å². The number of piperidine rings is 1. The van der Waals surface area contributed by atoms with Crippen LogP contribution in [0, 0.1) is 5.92 Å². The first-order valence-electron chi connectivity index (χ1n) is 10.1. The molecule has 0 unspecified atom stereocenters. The molecule has 1 saturated heterocycles. The lowest BCUT2D eigenvalue weighted by molar-refractivity contribution is -0.120. The molecule has 7 nitrogen and oxygen atoms in total. The van der Waals surface area contributed by atoms with Crippen molar-refractivity contribution in [2.75, 3.05) is 25.5 Å². The van der Waals surface area contributed by atoms with Gasteiger partial charge in [0.15, 0.2) is 0 Å². The number of thiophene rings is 1. The molecule has 1 aromatic carbocycles. The Balaban J connectivity index is 1.63. The first-order chi connectivity index (χ1) is 14.5. The summed E-state index contributed by atoms with van der Waals surface area (Å²) in [5.74, 6) is -1.03. The predicted molar refractivity (Wildman–Crippen MR) is 121 cm³/mol. The molecule has 1 aliphatic heterocycles. The van der Waals surface area contributed by atoms with Gasteiger partial charge in [0, 0.05) is 19.0 Å². The van der Waals surface area contributed by atoms with Crippen molar-refractivity contribution >= 4 is 38.2 Å². The largest absolute Gasteiger partial charge is 0.465 e. The molecule has 1 aliphatic rings. The van der Waals surface area contributed by atoms with Crippen molar-refractivity contribution in [1.82, 2.24) is 4.31 Å². The summed E-state index contributed by atoms with van der Waals surface area (Å²) in [5, 5.41) is 4.95. The number of rotatable bonds is 5. The highest BCUT2D eigenvalue weighted by Crippen LogP contribution is 2.29. The third kappa shape index (κ3) is 5.16. The molecule has 0 spiro atoms. The van der Waals surface area contributed by atoms with Gasteiger partial charge in [-0.25, -0.2) is 13.2 Å². The van der Waals surface area contributed by atoms with E-state index in [1.54, 1.807) is 23.6 Å². The molecule has 0 aliphatic carbocycles. The van der Waals surface area contributed by atoms with Gasteiger partial charge in [0.1, 0.15) is 5.00 Å². The van der Waals surface area contributed by atoms with Crippen molar-refractivity contribution in [2.45, 2.75) is 43.9 Å². The number of esters is 1. The van der Waals surface area contributed by atoms with Gasteiger partial charge in [0.25, 0.3) is 0 Å². The van der Waals surface area contributed by atoms with E-state index in [9.17, 15) is 18.0 Å². The van der Waals surface area contributed by atoms with Gasteiger partial charge in [-0.3, -0.25) is 4.79 Å². The Labute approximate surface area is 187 Å². The second-order valence-corrected chi connectivity index (χ2v) is 11.5. The first kappa shape index (κ1) is 23.4. The SMILES string of the molecule is COC(=O)c1ccsc1NC(=O)C1CCN(S(=O)(=O)c2ccc(C(C)(C)C)cc2)CC1. The summed E-state index contributed by atoms with van der Waals surface area (Å²) in [4.78, 5) is 24.7. The van der Waals surface area contributed by atoms with E-state index in [1.807, 2.05) is 12.1 Å². The van der Waals surface area contributed by atoms with Crippen LogP contribution < -0.4 is 5.32 Å². The Morgan fingerprint density at radius 2 is 1.71 bits per heavy atom. The van der Waals surface area contributed by atoms with Crippen LogP contribution in [0.3, 0.4) is 0 Å². The molecule has 1 fully saturated rings. The van der Waals surface area contributed by atoms with Gasteiger partial charge in [0.05, 0.1) is 17.6 Å². The maximum atomic E-state index is 13.0. The van der Waals surface area contributed by atoms with E-state index in [0.717, 1.165) is 5.56 Å². The average molecular weight is 465 g/mol. The van der Waals surface area contributed by atoms with E-state index in [4.69, 9.17) is 4.74 Å². The monoisotopic (exact) mass is 464 g/mol. The van der Waals surface area contributed by atoms with Gasteiger partial charge >= 0.3 is 5.97 Å². The number of nitrogens with zero attached hydrogens (tertiary/aromatic N) is 1. The number of carbonyl (C=O) groups is 2. The van der Waals surface area contributed by atoms with Crippen molar-refractivity contribution in [3.8, 4) is 0 Å². The Morgan fingerprint density at radius 3 is 2.26 bits per heavy atom. The zero-order chi connectivity index (χ0) is 22.8. The molecule has 0 atom stereocenters. The molecular formula is C22H28N2O5S2. The fourth-order valence-electron chi connectivity index (χ4n) is 3.53. The Bertz CT molecular complexity index is 1040. The number of hydrogen-bond donors (Lipinski definition) is 1. The summed E-state index contributed by atoms with van der Waals surface area (Å²) in [7, 11) is -2.31. The number of carbonyl (C=O) groups excluding carboxylic acids is 2. The predicted octanol–water partition coefficient (Wildman–Crippen LogP) is 3.87. The van der Waals surface area contributed by atoms with Crippen LogP contribution in [-0.4, -0.2) is 44.8 Å². The van der Waals surface area contributed by atoms with Gasteiger partial charge in [-0.1, -0.05) is 32.9 Å². The molecule has 168 valence electrons. The first-order valence-corrected chi connectivity index (χ1v) is 12.4. The minimum Gasteiger partial charge on any atom is -0.465 e. The van der Waals surface area contributed by atoms with E-state index in [0.29, 0.717) is 23.4 Å². The summed E-state index contributed by atoms with van der Waals surface area (Å²) >= 11 is 1.25. The zero-order valence-electron chi connectivity index (χ0n) is 18.2. The smallest absolute Gasteiger partial charge is 0.340 e. The van der Waals surface area contributed by atoms with Crippen molar-refractivity contribution < 1.29 is 22.7 Å². The summed E-state index contributed by atoms with van der Waals surface area (Å²) in [5.41, 5.74) is 1.34. The van der Waals surface area contributed by atoms with Crippen molar-refractivity contribution in [2.24, 2.45) is 5.92 Å². The van der Waals surface area contributed by atoms with Crippen LogP contribution in [0.15, 0.2) is 40.6 Å². The molecule has 3 rings (SSSR count). The number of sulfonamides is 1. The number of nitrogens with one attached hydrogen (secondary N) is 1. The van der Waals surface area contributed by atoms with E-state index in [2.05, 4.69) is 26.1 Å². The highest BCUT2D eigenvalue weighted by atomic mass is 32.2. The summed E-state index contributed by atoms with van der Waals surface area (Å²) in [6, 6.07) is 8.62. The average Bonchev–Trinajstić information content (AvgIpc) is 3.20. The Morgan fingerprint density at radius 1 is 1.10 bits per heavy atom. The molecule has 1 N–H and O–H groups in total. The van der Waals surface area contributed by atoms with Crippen LogP contribution >= 0.6 is 11.3 Å². The van der Waals surface area contributed by atoms with Crippen LogP contribution in [0.2, 0.25) is 0 Å². The van der Waals surface area contributed by atoms with Gasteiger partial charge in [-0.15, -0.1) is 11.3 Å². The molecule has 1 aromatic heterocycles. The number of amides is 1. The molecule has 0 saturated carbocycles. The Kier molecular flexibility index (Phi) is 6.88. The molecule has 2 aromatic rings. The number of hydrogen-bond acceptors (Lipinski definition) is 6. The van der Waals surface area contributed by atoms with Crippen molar-refractivity contribution in [1.29, 1.82) is 0 Å². The third-order valence-corrected chi connectivity index (χ3v) is 8.23. The highest BCUT2D eigenvalue weighted by Gasteiger charge is 2.32. The van der Waals surface area contributed by atoms with Crippen molar-refractivity contribution in [3.05, 3.63) is 46.8 Å². The summed E-state index contributed by atoms with van der Waals surface area (Å²) in [6.07, 6.45) is 0.841. The summed E-state index contributed by atoms with van der Waals surface area (Å²) in [6.45, 7) is 6.79. The quantitative estimate of drug-likeness (QED) is 0.678. The molecular weight excluding hydrogens is 436 g/mol. The van der Waals surface area contributed by atoms with E-state index in [1.165, 1.54) is 22.8 Å². The fourth-order valence-corrected chi connectivity index (χ4v) is 5.77. The van der Waals surface area contributed by atoms with Crippen LogP contribution in [-0.2, 0) is 25.0 Å². The van der Waals surface area contributed by atoms with Crippen LogP contribution in [0.4, 0.5) is 5.00 Å². The lowest BCUT2D eigenvalue weighted by Crippen LogP contribution is -2.41. The minimum atomic E-state index is -3.60. The van der Waals surface area contributed by atoms with E-state index >= 15 is 0 Å². The molecule has 0 radical (unpaired) electrons. The lowest BCUT2D eigenvalue weighted by atomic mass is 9.87. The summed E-state index contributed by atoms with van der Waals surface area (Å²) < 4.78 is 32.2. The topological polar surface area (TPSA) is 92.8 Å². The number of anilines is 1. The van der Waals surface area contributed by atoms with Crippen molar-refractivity contribution in [3.63, 3.8) is 0 Å². The van der Waals surface area contributed by atoms with Gasteiger partial charge in [-0.2, -0.15) is 4.31 Å². The molecule has 9 heteroatoms. The van der Waals surface area contributed by atoms with Gasteiger partial charge < -0.3 is 10.1 Å². The lowest BCUT2D eigenvalue weighted by Gasteiger charge is -2.30. The Hall–Kier alpha value is -2.23. The van der Waals surface area contributed by atoms with E-state index < -0.39 is 16.0 Å². The molecule has 31 heavy (non-hydrogen) atoms. The molecule has 1 amide bonds. The number of ether oxygens (including phenoxy) is 1. The van der Waals surface area contributed by atoms with Gasteiger partial charge in [-0.05, 0) is 47.4 Å². The van der Waals surface area contributed by atoms with Crippen LogP contribution in [0.1, 0.15) is 49.5 Å². The van der Waals surface area contributed by atoms with E-state index in [-0.39, 0.29) is 35.2 Å². The zero-order valence-corrected chi connectivity index (χ0v) is 19.8. The minimum absolute atomic E-state index is 0.0513. The molecule has 0 bridgehead atoms. The fraction of sp³-hybridized carbons (Fsp3) is 0.455. The standard InChI is InChI=1S/C22H28N2O5S2/c1-22(2,3)16-5-7-17(8-6-16)31(27,28)24-12-9-15(10-13-24)19(25)23-20-18(11-14-30-20)21(26)29-4/h5-8,11,14-15H,9-10,12-13H2,1-4H3,(H,23,25). The maximum Gasteiger partial charge on any atom is 0.340 e.